The van der Waals surface area contributed by atoms with Gasteiger partial charge in [0.05, 0.1) is 0 Å². The van der Waals surface area contributed by atoms with Crippen LogP contribution < -0.4 is 9.47 Å². The Hall–Kier alpha value is -2.79. The van der Waals surface area contributed by atoms with Crippen molar-refractivity contribution in [3.63, 3.8) is 0 Å². The van der Waals surface area contributed by atoms with Gasteiger partial charge in [-0.15, -0.1) is 0 Å². The summed E-state index contributed by atoms with van der Waals surface area (Å²) in [6, 6.07) is 19.2. The molecular weight excluding hydrogens is 328 g/mol. The van der Waals surface area contributed by atoms with Crippen LogP contribution in [0.2, 0.25) is 0 Å². The molecule has 1 N–H and O–H groups in total. The SMILES string of the molecule is CC(C)(C)C(O)C(Oc1ccccc1)n1ccnc1Oc1ccccc1. The molecule has 2 aromatic carbocycles. The molecule has 0 aliphatic carbocycles. The normalized spacial score (nSPS) is 13.8. The van der Waals surface area contributed by atoms with E-state index in [1.165, 1.54) is 0 Å². The molecule has 0 fully saturated rings. The lowest BCUT2D eigenvalue weighted by molar-refractivity contribution is -0.0695. The summed E-state index contributed by atoms with van der Waals surface area (Å²) in [5.41, 5.74) is -0.395. The minimum atomic E-state index is -0.782. The number of para-hydroxylation sites is 2. The van der Waals surface area contributed by atoms with Crippen molar-refractivity contribution in [3.05, 3.63) is 73.1 Å². The fraction of sp³-hybridized carbons (Fsp3) is 0.286. The van der Waals surface area contributed by atoms with Gasteiger partial charge in [0, 0.05) is 12.4 Å². The smallest absolute Gasteiger partial charge is 0.304 e. The second-order valence-electron chi connectivity index (χ2n) is 7.16. The maximum Gasteiger partial charge on any atom is 0.304 e. The van der Waals surface area contributed by atoms with Crippen molar-refractivity contribution in [1.82, 2.24) is 9.55 Å². The van der Waals surface area contributed by atoms with Gasteiger partial charge >= 0.3 is 6.01 Å². The second kappa shape index (κ2) is 7.62. The largest absolute Gasteiger partial charge is 0.467 e. The quantitative estimate of drug-likeness (QED) is 0.701. The number of aliphatic hydroxyl groups excluding tert-OH is 1. The number of benzene rings is 2. The van der Waals surface area contributed by atoms with Crippen LogP contribution in [0.15, 0.2) is 73.1 Å². The molecule has 0 saturated heterocycles. The lowest BCUT2D eigenvalue weighted by Gasteiger charge is -2.34. The lowest BCUT2D eigenvalue weighted by atomic mass is 9.88. The molecule has 26 heavy (non-hydrogen) atoms. The highest BCUT2D eigenvalue weighted by Crippen LogP contribution is 2.33. The van der Waals surface area contributed by atoms with Crippen LogP contribution in [-0.4, -0.2) is 20.8 Å². The highest BCUT2D eigenvalue weighted by molar-refractivity contribution is 5.25. The number of hydrogen-bond acceptors (Lipinski definition) is 4. The molecule has 136 valence electrons. The summed E-state index contributed by atoms with van der Waals surface area (Å²) in [4.78, 5) is 4.29. The molecular formula is C21H24N2O3. The zero-order valence-electron chi connectivity index (χ0n) is 15.2. The van der Waals surface area contributed by atoms with Crippen LogP contribution in [0.1, 0.15) is 27.0 Å². The summed E-state index contributed by atoms with van der Waals surface area (Å²) >= 11 is 0. The Kier molecular flexibility index (Phi) is 5.28. The average molecular weight is 352 g/mol. The third-order valence-electron chi connectivity index (χ3n) is 4.02. The maximum absolute atomic E-state index is 10.9. The third kappa shape index (κ3) is 4.24. The molecule has 3 rings (SSSR count). The molecule has 2 atom stereocenters. The topological polar surface area (TPSA) is 56.5 Å². The van der Waals surface area contributed by atoms with Crippen molar-refractivity contribution in [3.8, 4) is 17.5 Å². The van der Waals surface area contributed by atoms with Crippen molar-refractivity contribution in [2.45, 2.75) is 33.1 Å². The molecule has 0 aliphatic heterocycles. The molecule has 0 spiro atoms. The fourth-order valence-electron chi connectivity index (χ4n) is 2.51. The maximum atomic E-state index is 10.9. The van der Waals surface area contributed by atoms with E-state index in [0.717, 1.165) is 0 Å². The first-order valence-electron chi connectivity index (χ1n) is 8.60. The highest BCUT2D eigenvalue weighted by atomic mass is 16.5. The first-order valence-corrected chi connectivity index (χ1v) is 8.60. The predicted molar refractivity (Wildman–Crippen MR) is 100 cm³/mol. The van der Waals surface area contributed by atoms with Crippen molar-refractivity contribution < 1.29 is 14.6 Å². The van der Waals surface area contributed by atoms with Crippen LogP contribution in [0.3, 0.4) is 0 Å². The van der Waals surface area contributed by atoms with E-state index < -0.39 is 17.7 Å². The van der Waals surface area contributed by atoms with Gasteiger partial charge < -0.3 is 14.6 Å². The summed E-state index contributed by atoms with van der Waals surface area (Å²) in [5, 5.41) is 10.9. The Morgan fingerprint density at radius 3 is 2.08 bits per heavy atom. The number of nitrogens with zero attached hydrogens (tertiary/aromatic N) is 2. The Morgan fingerprint density at radius 2 is 1.50 bits per heavy atom. The Morgan fingerprint density at radius 1 is 0.923 bits per heavy atom. The molecule has 1 heterocycles. The monoisotopic (exact) mass is 352 g/mol. The summed E-state index contributed by atoms with van der Waals surface area (Å²) < 4.78 is 13.7. The fourth-order valence-corrected chi connectivity index (χ4v) is 2.51. The zero-order chi connectivity index (χ0) is 18.6. The number of aliphatic hydroxyl groups is 1. The van der Waals surface area contributed by atoms with E-state index in [2.05, 4.69) is 4.98 Å². The lowest BCUT2D eigenvalue weighted by Crippen LogP contribution is -2.38. The number of hydrogen-bond donors (Lipinski definition) is 1. The van der Waals surface area contributed by atoms with Gasteiger partial charge in [-0.2, -0.15) is 0 Å². The molecule has 1 aromatic heterocycles. The van der Waals surface area contributed by atoms with E-state index in [1.807, 2.05) is 81.4 Å². The van der Waals surface area contributed by atoms with Crippen LogP contribution in [0.5, 0.6) is 17.5 Å². The molecule has 5 heteroatoms. The number of imidazole rings is 1. The van der Waals surface area contributed by atoms with Gasteiger partial charge in [0.15, 0.2) is 0 Å². The van der Waals surface area contributed by atoms with Crippen molar-refractivity contribution in [2.24, 2.45) is 5.41 Å². The third-order valence-corrected chi connectivity index (χ3v) is 4.02. The standard InChI is InChI=1S/C21H24N2O3/c1-21(2,3)18(24)19(25-16-10-6-4-7-11-16)23-15-14-22-20(23)26-17-12-8-5-9-13-17/h4-15,18-19,24H,1-3H3. The summed E-state index contributed by atoms with van der Waals surface area (Å²) in [6.45, 7) is 5.90. The number of ether oxygens (including phenoxy) is 2. The van der Waals surface area contributed by atoms with Gasteiger partial charge in [-0.1, -0.05) is 57.2 Å². The average Bonchev–Trinajstić information content (AvgIpc) is 3.08. The molecule has 0 aliphatic rings. The first kappa shape index (κ1) is 18.0. The van der Waals surface area contributed by atoms with E-state index in [-0.39, 0.29) is 0 Å². The molecule has 0 radical (unpaired) electrons. The van der Waals surface area contributed by atoms with Gasteiger partial charge in [-0.3, -0.25) is 4.57 Å². The first-order chi connectivity index (χ1) is 12.4. The van der Waals surface area contributed by atoms with Gasteiger partial charge in [-0.25, -0.2) is 4.98 Å². The van der Waals surface area contributed by atoms with Crippen LogP contribution in [0.4, 0.5) is 0 Å². The Labute approximate surface area is 153 Å². The van der Waals surface area contributed by atoms with Crippen LogP contribution >= 0.6 is 0 Å². The van der Waals surface area contributed by atoms with Crippen molar-refractivity contribution >= 4 is 0 Å². The van der Waals surface area contributed by atoms with Gasteiger partial charge in [0.2, 0.25) is 6.23 Å². The van der Waals surface area contributed by atoms with E-state index in [0.29, 0.717) is 17.5 Å². The Balaban J connectivity index is 1.93. The molecule has 0 saturated carbocycles. The van der Waals surface area contributed by atoms with Crippen LogP contribution in [0.25, 0.3) is 0 Å². The number of rotatable bonds is 6. The van der Waals surface area contributed by atoms with E-state index in [1.54, 1.807) is 17.0 Å². The minimum absolute atomic E-state index is 0.362. The van der Waals surface area contributed by atoms with Crippen LogP contribution in [0, 0.1) is 5.41 Å². The molecule has 0 bridgehead atoms. The van der Waals surface area contributed by atoms with Gasteiger partial charge in [0.1, 0.15) is 17.6 Å². The van der Waals surface area contributed by atoms with Crippen molar-refractivity contribution in [2.75, 3.05) is 0 Å². The summed E-state index contributed by atoms with van der Waals surface area (Å²) in [5.74, 6) is 1.34. The Bertz CT molecular complexity index is 810. The highest BCUT2D eigenvalue weighted by Gasteiger charge is 2.35. The van der Waals surface area contributed by atoms with E-state index in [9.17, 15) is 5.11 Å². The molecule has 2 unspecified atom stereocenters. The molecule has 5 nitrogen and oxygen atoms in total. The van der Waals surface area contributed by atoms with Gasteiger partial charge in [0.25, 0.3) is 0 Å². The summed E-state index contributed by atoms with van der Waals surface area (Å²) in [7, 11) is 0. The molecule has 3 aromatic rings. The second-order valence-corrected chi connectivity index (χ2v) is 7.16. The van der Waals surface area contributed by atoms with Gasteiger partial charge in [-0.05, 0) is 29.7 Å². The minimum Gasteiger partial charge on any atom is -0.467 e. The predicted octanol–water partition coefficient (Wildman–Crippen LogP) is 4.66. The molecule has 0 amide bonds. The summed E-state index contributed by atoms with van der Waals surface area (Å²) in [6.07, 6.45) is 1.92. The van der Waals surface area contributed by atoms with E-state index >= 15 is 0 Å². The zero-order valence-corrected chi connectivity index (χ0v) is 15.2. The number of aromatic nitrogens is 2. The van der Waals surface area contributed by atoms with Crippen molar-refractivity contribution in [1.29, 1.82) is 0 Å². The van der Waals surface area contributed by atoms with E-state index in [4.69, 9.17) is 9.47 Å². The van der Waals surface area contributed by atoms with Crippen LogP contribution in [-0.2, 0) is 0 Å².